The number of benzene rings is 1. The number of rotatable bonds is 6. The molecule has 1 rings (SSSR count). The van der Waals surface area contributed by atoms with Crippen LogP contribution in [-0.2, 0) is 4.79 Å². The Balaban J connectivity index is 2.72. The van der Waals surface area contributed by atoms with Crippen molar-refractivity contribution in [1.82, 2.24) is 4.90 Å². The topological polar surface area (TPSA) is 52.6 Å². The van der Waals surface area contributed by atoms with Crippen LogP contribution in [0.3, 0.4) is 0 Å². The standard InChI is InChI=1S/C12H15BrF2N2O2/c1-2-17(3-4-18)7-11(19)16-12-9(13)5-8(14)6-10(12)15/h5-6,18H,2-4,7H2,1H3,(H,16,19). The van der Waals surface area contributed by atoms with Gasteiger partial charge < -0.3 is 10.4 Å². The van der Waals surface area contributed by atoms with Crippen molar-refractivity contribution in [1.29, 1.82) is 0 Å². The number of nitrogens with zero attached hydrogens (tertiary/aromatic N) is 1. The quantitative estimate of drug-likeness (QED) is 0.835. The Morgan fingerprint density at radius 3 is 2.68 bits per heavy atom. The van der Waals surface area contributed by atoms with Crippen LogP contribution >= 0.6 is 15.9 Å². The molecule has 2 N–H and O–H groups in total. The number of hydrogen-bond donors (Lipinski definition) is 2. The Morgan fingerprint density at radius 2 is 2.16 bits per heavy atom. The Kier molecular flexibility index (Phi) is 6.33. The van der Waals surface area contributed by atoms with E-state index in [1.807, 2.05) is 6.92 Å². The highest BCUT2D eigenvalue weighted by atomic mass is 79.9. The normalized spacial score (nSPS) is 10.8. The van der Waals surface area contributed by atoms with E-state index < -0.39 is 17.5 Å². The SMILES string of the molecule is CCN(CCO)CC(=O)Nc1c(F)cc(F)cc1Br. The van der Waals surface area contributed by atoms with Crippen molar-refractivity contribution in [2.75, 3.05) is 31.6 Å². The van der Waals surface area contributed by atoms with Crippen molar-refractivity contribution >= 4 is 27.5 Å². The first kappa shape index (κ1) is 16.0. The van der Waals surface area contributed by atoms with Gasteiger partial charge >= 0.3 is 0 Å². The van der Waals surface area contributed by atoms with Crippen LogP contribution in [-0.4, -0.2) is 42.2 Å². The van der Waals surface area contributed by atoms with E-state index in [1.54, 1.807) is 4.90 Å². The number of anilines is 1. The first-order valence-corrected chi connectivity index (χ1v) is 6.54. The Hall–Kier alpha value is -1.05. The number of halogens is 3. The lowest BCUT2D eigenvalue weighted by molar-refractivity contribution is -0.117. The molecule has 4 nitrogen and oxygen atoms in total. The zero-order valence-corrected chi connectivity index (χ0v) is 12.0. The third-order valence-corrected chi connectivity index (χ3v) is 3.13. The van der Waals surface area contributed by atoms with Gasteiger partial charge in [0.2, 0.25) is 5.91 Å². The molecule has 7 heteroatoms. The van der Waals surface area contributed by atoms with Crippen LogP contribution in [0.25, 0.3) is 0 Å². The summed E-state index contributed by atoms with van der Waals surface area (Å²) < 4.78 is 26.5. The number of likely N-dealkylation sites (N-methyl/N-ethyl adjacent to an activating group) is 1. The van der Waals surface area contributed by atoms with Gasteiger partial charge in [0.05, 0.1) is 18.8 Å². The summed E-state index contributed by atoms with van der Waals surface area (Å²) in [5.41, 5.74) is -0.0912. The van der Waals surface area contributed by atoms with Gasteiger partial charge in [-0.25, -0.2) is 8.78 Å². The van der Waals surface area contributed by atoms with Gasteiger partial charge in [0, 0.05) is 17.1 Å². The first-order chi connectivity index (χ1) is 8.97. The Morgan fingerprint density at radius 1 is 1.47 bits per heavy atom. The molecule has 0 atom stereocenters. The molecule has 19 heavy (non-hydrogen) atoms. The van der Waals surface area contributed by atoms with E-state index >= 15 is 0 Å². The van der Waals surface area contributed by atoms with Crippen molar-refractivity contribution in [3.8, 4) is 0 Å². The van der Waals surface area contributed by atoms with Crippen molar-refractivity contribution < 1.29 is 18.7 Å². The number of nitrogens with one attached hydrogen (secondary N) is 1. The average molecular weight is 337 g/mol. The first-order valence-electron chi connectivity index (χ1n) is 5.75. The maximum atomic E-state index is 13.5. The molecule has 0 aliphatic rings. The van der Waals surface area contributed by atoms with Crippen LogP contribution in [0, 0.1) is 11.6 Å². The summed E-state index contributed by atoms with van der Waals surface area (Å²) in [6.07, 6.45) is 0. The molecule has 0 spiro atoms. The highest BCUT2D eigenvalue weighted by Gasteiger charge is 2.14. The summed E-state index contributed by atoms with van der Waals surface area (Å²) in [5, 5.41) is 11.2. The summed E-state index contributed by atoms with van der Waals surface area (Å²) in [7, 11) is 0. The fourth-order valence-electron chi connectivity index (χ4n) is 1.53. The summed E-state index contributed by atoms with van der Waals surface area (Å²) >= 11 is 2.99. The van der Waals surface area contributed by atoms with E-state index in [1.165, 1.54) is 0 Å². The van der Waals surface area contributed by atoms with Gasteiger partial charge in [0.15, 0.2) is 5.82 Å². The van der Waals surface area contributed by atoms with E-state index in [0.29, 0.717) is 19.2 Å². The molecule has 0 saturated carbocycles. The third-order valence-electron chi connectivity index (χ3n) is 2.50. The minimum absolute atomic E-state index is 0.0281. The lowest BCUT2D eigenvalue weighted by atomic mass is 10.3. The second-order valence-corrected chi connectivity index (χ2v) is 4.74. The van der Waals surface area contributed by atoms with Crippen molar-refractivity contribution in [2.45, 2.75) is 6.92 Å². The number of hydrogen-bond acceptors (Lipinski definition) is 3. The van der Waals surface area contributed by atoms with Gasteiger partial charge in [0.1, 0.15) is 5.82 Å². The minimum Gasteiger partial charge on any atom is -0.395 e. The molecule has 0 fully saturated rings. The summed E-state index contributed by atoms with van der Waals surface area (Å²) in [5.74, 6) is -2.00. The van der Waals surface area contributed by atoms with Crippen molar-refractivity contribution in [3.05, 3.63) is 28.2 Å². The molecule has 0 unspecified atom stereocenters. The average Bonchev–Trinajstić information content (AvgIpc) is 2.33. The molecule has 0 radical (unpaired) electrons. The summed E-state index contributed by atoms with van der Waals surface area (Å²) in [4.78, 5) is 13.4. The predicted molar refractivity (Wildman–Crippen MR) is 71.9 cm³/mol. The summed E-state index contributed by atoms with van der Waals surface area (Å²) in [6, 6.07) is 1.77. The Labute approximate surface area is 118 Å². The highest BCUT2D eigenvalue weighted by Crippen LogP contribution is 2.26. The van der Waals surface area contributed by atoms with E-state index in [0.717, 1.165) is 6.07 Å². The minimum atomic E-state index is -0.842. The zero-order chi connectivity index (χ0) is 14.4. The molecule has 0 bridgehead atoms. The van der Waals surface area contributed by atoms with Crippen LogP contribution < -0.4 is 5.32 Å². The smallest absolute Gasteiger partial charge is 0.238 e. The van der Waals surface area contributed by atoms with Crippen molar-refractivity contribution in [2.24, 2.45) is 0 Å². The van der Waals surface area contributed by atoms with Gasteiger partial charge in [-0.1, -0.05) is 6.92 Å². The van der Waals surface area contributed by atoms with Gasteiger partial charge in [-0.15, -0.1) is 0 Å². The predicted octanol–water partition coefficient (Wildman–Crippen LogP) is 1.98. The molecule has 106 valence electrons. The number of aliphatic hydroxyl groups is 1. The molecule has 1 aromatic carbocycles. The molecular formula is C12H15BrF2N2O2. The van der Waals surface area contributed by atoms with Crippen LogP contribution in [0.4, 0.5) is 14.5 Å². The van der Waals surface area contributed by atoms with Gasteiger partial charge in [-0.2, -0.15) is 0 Å². The monoisotopic (exact) mass is 336 g/mol. The van der Waals surface area contributed by atoms with E-state index in [4.69, 9.17) is 5.11 Å². The van der Waals surface area contributed by atoms with Crippen LogP contribution in [0.2, 0.25) is 0 Å². The van der Waals surface area contributed by atoms with E-state index in [2.05, 4.69) is 21.2 Å². The fraction of sp³-hybridized carbons (Fsp3) is 0.417. The van der Waals surface area contributed by atoms with E-state index in [9.17, 15) is 13.6 Å². The largest absolute Gasteiger partial charge is 0.395 e. The van der Waals surface area contributed by atoms with Gasteiger partial charge in [-0.05, 0) is 28.5 Å². The molecule has 1 amide bonds. The maximum Gasteiger partial charge on any atom is 0.238 e. The van der Waals surface area contributed by atoms with Gasteiger partial charge in [0.25, 0.3) is 0 Å². The molecule has 0 saturated heterocycles. The maximum absolute atomic E-state index is 13.5. The molecule has 1 aromatic rings. The lowest BCUT2D eigenvalue weighted by Gasteiger charge is -2.18. The lowest BCUT2D eigenvalue weighted by Crippen LogP contribution is -2.35. The zero-order valence-electron chi connectivity index (χ0n) is 10.4. The number of carbonyl (C=O) groups excluding carboxylic acids is 1. The van der Waals surface area contributed by atoms with Crippen LogP contribution in [0.15, 0.2) is 16.6 Å². The van der Waals surface area contributed by atoms with Crippen molar-refractivity contribution in [3.63, 3.8) is 0 Å². The Bertz CT molecular complexity index is 434. The number of amides is 1. The molecule has 0 aliphatic carbocycles. The number of carbonyl (C=O) groups is 1. The summed E-state index contributed by atoms with van der Waals surface area (Å²) in [6.45, 7) is 2.76. The second kappa shape index (κ2) is 7.52. The molecule has 0 aromatic heterocycles. The molecule has 0 aliphatic heterocycles. The number of aliphatic hydroxyl groups excluding tert-OH is 1. The molecular weight excluding hydrogens is 322 g/mol. The fourth-order valence-corrected chi connectivity index (χ4v) is 2.04. The van der Waals surface area contributed by atoms with Crippen LogP contribution in [0.5, 0.6) is 0 Å². The second-order valence-electron chi connectivity index (χ2n) is 3.88. The third kappa shape index (κ3) is 4.85. The van der Waals surface area contributed by atoms with E-state index in [-0.39, 0.29) is 23.3 Å². The van der Waals surface area contributed by atoms with Gasteiger partial charge in [-0.3, -0.25) is 9.69 Å². The van der Waals surface area contributed by atoms with Crippen LogP contribution in [0.1, 0.15) is 6.92 Å². The highest BCUT2D eigenvalue weighted by molar-refractivity contribution is 9.10. The molecule has 0 heterocycles.